The molecule has 1 saturated carbocycles. The summed E-state index contributed by atoms with van der Waals surface area (Å²) in [7, 11) is 1.56. The van der Waals surface area contributed by atoms with Crippen molar-refractivity contribution in [2.45, 2.75) is 51.6 Å². The summed E-state index contributed by atoms with van der Waals surface area (Å²) in [5.74, 6) is 0.520. The average Bonchev–Trinajstić information content (AvgIpc) is 3.69. The van der Waals surface area contributed by atoms with Crippen LogP contribution in [0.5, 0.6) is 11.6 Å². The zero-order valence-electron chi connectivity index (χ0n) is 20.0. The zero-order chi connectivity index (χ0) is 24.7. The molecule has 2 aromatic heterocycles. The van der Waals surface area contributed by atoms with Gasteiger partial charge in [-0.1, -0.05) is 30.7 Å². The van der Waals surface area contributed by atoms with E-state index in [2.05, 4.69) is 22.1 Å². The van der Waals surface area contributed by atoms with Crippen molar-refractivity contribution in [3.63, 3.8) is 0 Å². The number of carbonyl (C=O) groups is 1. The number of benzene rings is 1. The normalized spacial score (nSPS) is 18.8. The van der Waals surface area contributed by atoms with Crippen molar-refractivity contribution in [1.29, 1.82) is 0 Å². The molecule has 1 unspecified atom stereocenters. The number of nitrogens with zero attached hydrogens (tertiary/aromatic N) is 3. The molecule has 3 heterocycles. The molecule has 1 aromatic carbocycles. The molecule has 0 spiro atoms. The Morgan fingerprint density at radius 2 is 2.00 bits per heavy atom. The van der Waals surface area contributed by atoms with Crippen molar-refractivity contribution in [2.75, 3.05) is 7.11 Å². The van der Waals surface area contributed by atoms with Crippen LogP contribution in [-0.4, -0.2) is 33.1 Å². The van der Waals surface area contributed by atoms with Crippen LogP contribution in [0.2, 0.25) is 5.02 Å². The maximum atomic E-state index is 11.7. The Hall–Kier alpha value is -3.19. The Morgan fingerprint density at radius 1 is 1.20 bits per heavy atom. The minimum atomic E-state index is -0.754. The molecule has 1 fully saturated rings. The highest BCUT2D eigenvalue weighted by Crippen LogP contribution is 2.48. The highest BCUT2D eigenvalue weighted by Gasteiger charge is 2.39. The topological polar surface area (TPSA) is 94.4 Å². The molecule has 3 aromatic rings. The van der Waals surface area contributed by atoms with E-state index in [0.717, 1.165) is 53.9 Å². The van der Waals surface area contributed by atoms with E-state index < -0.39 is 11.9 Å². The lowest BCUT2D eigenvalue weighted by Gasteiger charge is -2.28. The first-order chi connectivity index (χ1) is 16.9. The van der Waals surface area contributed by atoms with E-state index in [4.69, 9.17) is 26.1 Å². The summed E-state index contributed by atoms with van der Waals surface area (Å²) in [6, 6.07) is 7.96. The number of pyridine rings is 1. The van der Waals surface area contributed by atoms with E-state index in [0.29, 0.717) is 28.1 Å². The second-order valence-corrected chi connectivity index (χ2v) is 9.85. The fourth-order valence-corrected chi connectivity index (χ4v) is 5.20. The van der Waals surface area contributed by atoms with Crippen LogP contribution < -0.4 is 9.47 Å². The molecule has 1 N–H and O–H groups in total. The third-order valence-electron chi connectivity index (χ3n) is 7.07. The summed E-state index contributed by atoms with van der Waals surface area (Å²) in [4.78, 5) is 25.3. The molecule has 2 aliphatic rings. The van der Waals surface area contributed by atoms with Crippen LogP contribution in [-0.2, 0) is 11.2 Å². The Morgan fingerprint density at radius 3 is 2.69 bits per heavy atom. The number of hydrogen-bond acceptors (Lipinski definition) is 6. The van der Waals surface area contributed by atoms with Crippen LogP contribution in [0.1, 0.15) is 60.7 Å². The van der Waals surface area contributed by atoms with E-state index in [1.807, 2.05) is 13.0 Å². The van der Waals surface area contributed by atoms with E-state index in [1.165, 1.54) is 0 Å². The predicted molar refractivity (Wildman–Crippen MR) is 132 cm³/mol. The number of rotatable bonds is 7. The number of carboxylic acid groups (broad SMARTS) is 1. The number of aliphatic carboxylic acids is 1. The van der Waals surface area contributed by atoms with Gasteiger partial charge in [0.2, 0.25) is 5.88 Å². The Labute approximate surface area is 209 Å². The van der Waals surface area contributed by atoms with Gasteiger partial charge in [0.1, 0.15) is 11.9 Å². The molecule has 0 radical (unpaired) electrons. The van der Waals surface area contributed by atoms with Gasteiger partial charge in [-0.2, -0.15) is 0 Å². The van der Waals surface area contributed by atoms with Gasteiger partial charge in [-0.05, 0) is 61.6 Å². The average molecular weight is 494 g/mol. The van der Waals surface area contributed by atoms with Gasteiger partial charge in [0.15, 0.2) is 0 Å². The van der Waals surface area contributed by atoms with Crippen molar-refractivity contribution < 1.29 is 19.4 Å². The van der Waals surface area contributed by atoms with Crippen LogP contribution in [0.25, 0.3) is 11.3 Å². The first-order valence-corrected chi connectivity index (χ1v) is 12.3. The number of methoxy groups -OCH3 is 1. The fourth-order valence-electron chi connectivity index (χ4n) is 5.01. The van der Waals surface area contributed by atoms with Crippen LogP contribution in [0.4, 0.5) is 0 Å². The van der Waals surface area contributed by atoms with Crippen molar-refractivity contribution in [1.82, 2.24) is 15.0 Å². The number of aromatic nitrogens is 3. The molecular weight excluding hydrogens is 466 g/mol. The standard InChI is InChI=1S/C27H28ClN3O4/c1-14(27(32)33)25(17-5-6-17)18-7-4-16-8-9-22(35-23(16)10-18)21-13-30-26(15(2)31-21)19-11-24(34-3)29-12-20(19)28/h4,7,10-14,17,22,25H,5-6,8-9H2,1-3H3,(H,32,33)/t14-,22?,25-/m0/s1. The summed E-state index contributed by atoms with van der Waals surface area (Å²) >= 11 is 6.37. The monoisotopic (exact) mass is 493 g/mol. The van der Waals surface area contributed by atoms with E-state index >= 15 is 0 Å². The van der Waals surface area contributed by atoms with Crippen LogP contribution >= 0.6 is 11.6 Å². The van der Waals surface area contributed by atoms with Crippen molar-refractivity contribution >= 4 is 17.6 Å². The van der Waals surface area contributed by atoms with Crippen molar-refractivity contribution in [2.24, 2.45) is 11.8 Å². The molecule has 1 aliphatic heterocycles. The largest absolute Gasteiger partial charge is 0.484 e. The summed E-state index contributed by atoms with van der Waals surface area (Å²) in [6.07, 6.45) is 6.87. The highest BCUT2D eigenvalue weighted by molar-refractivity contribution is 6.33. The lowest BCUT2D eigenvalue weighted by molar-refractivity contribution is -0.142. The van der Waals surface area contributed by atoms with Crippen LogP contribution in [0, 0.1) is 18.8 Å². The van der Waals surface area contributed by atoms with Gasteiger partial charge in [0, 0.05) is 11.6 Å². The Balaban J connectivity index is 1.41. The zero-order valence-corrected chi connectivity index (χ0v) is 20.7. The number of carboxylic acids is 1. The van der Waals surface area contributed by atoms with Gasteiger partial charge in [-0.15, -0.1) is 0 Å². The molecule has 0 bridgehead atoms. The molecule has 0 amide bonds. The number of fused-ring (bicyclic) bond motifs is 1. The van der Waals surface area contributed by atoms with Gasteiger partial charge >= 0.3 is 5.97 Å². The highest BCUT2D eigenvalue weighted by atomic mass is 35.5. The van der Waals surface area contributed by atoms with E-state index in [9.17, 15) is 9.90 Å². The lowest BCUT2D eigenvalue weighted by Crippen LogP contribution is -2.22. The second-order valence-electron chi connectivity index (χ2n) is 9.44. The lowest BCUT2D eigenvalue weighted by atomic mass is 9.82. The van der Waals surface area contributed by atoms with E-state index in [1.54, 1.807) is 32.5 Å². The van der Waals surface area contributed by atoms with Gasteiger partial charge in [0.05, 0.1) is 47.5 Å². The SMILES string of the molecule is COc1cc(-c2ncc(C3CCc4ccc([C@H](C5CC5)[C@H](C)C(=O)O)cc4O3)nc2C)c(Cl)cn1. The predicted octanol–water partition coefficient (Wildman–Crippen LogP) is 5.79. The minimum Gasteiger partial charge on any atom is -0.484 e. The molecule has 8 heteroatoms. The molecular formula is C27H28ClN3O4. The van der Waals surface area contributed by atoms with Crippen LogP contribution in [0.3, 0.4) is 0 Å². The van der Waals surface area contributed by atoms with Crippen LogP contribution in [0.15, 0.2) is 36.7 Å². The molecule has 0 saturated heterocycles. The molecule has 3 atom stereocenters. The number of hydrogen-bond donors (Lipinski definition) is 1. The molecule has 1 aliphatic carbocycles. The van der Waals surface area contributed by atoms with Gasteiger partial charge in [-0.25, -0.2) is 4.98 Å². The summed E-state index contributed by atoms with van der Waals surface area (Å²) < 4.78 is 11.6. The Kier molecular flexibility index (Phi) is 6.36. The number of aryl methyl sites for hydroxylation is 2. The smallest absolute Gasteiger partial charge is 0.306 e. The second kappa shape index (κ2) is 9.46. The van der Waals surface area contributed by atoms with Gasteiger partial charge < -0.3 is 14.6 Å². The summed E-state index contributed by atoms with van der Waals surface area (Å²) in [5.41, 5.74) is 5.07. The fraction of sp³-hybridized carbons (Fsp3) is 0.407. The summed E-state index contributed by atoms with van der Waals surface area (Å²) in [5, 5.41) is 10.1. The third kappa shape index (κ3) is 4.69. The molecule has 7 nitrogen and oxygen atoms in total. The van der Waals surface area contributed by atoms with Crippen molar-refractivity contribution in [3.8, 4) is 22.9 Å². The molecule has 5 rings (SSSR count). The summed E-state index contributed by atoms with van der Waals surface area (Å²) in [6.45, 7) is 3.70. The van der Waals surface area contributed by atoms with Gasteiger partial charge in [-0.3, -0.25) is 14.8 Å². The van der Waals surface area contributed by atoms with Crippen molar-refractivity contribution in [3.05, 3.63) is 64.2 Å². The number of halogens is 1. The Bertz CT molecular complexity index is 1280. The number of ether oxygens (including phenoxy) is 2. The molecule has 35 heavy (non-hydrogen) atoms. The maximum Gasteiger partial charge on any atom is 0.306 e. The quantitative estimate of drug-likeness (QED) is 0.445. The van der Waals surface area contributed by atoms with E-state index in [-0.39, 0.29) is 12.0 Å². The minimum absolute atomic E-state index is 0.00481. The maximum absolute atomic E-state index is 11.7. The molecule has 182 valence electrons. The van der Waals surface area contributed by atoms with Gasteiger partial charge in [0.25, 0.3) is 0 Å². The first-order valence-electron chi connectivity index (χ1n) is 11.9. The third-order valence-corrected chi connectivity index (χ3v) is 7.37. The first kappa shape index (κ1) is 23.5.